The molecule has 2 heterocycles. The van der Waals surface area contributed by atoms with Crippen LogP contribution in [0.1, 0.15) is 17.0 Å². The predicted molar refractivity (Wildman–Crippen MR) is 108 cm³/mol. The lowest BCUT2D eigenvalue weighted by atomic mass is 10.2. The summed E-state index contributed by atoms with van der Waals surface area (Å²) in [5, 5.41) is 4.75. The van der Waals surface area contributed by atoms with Crippen molar-refractivity contribution in [3.63, 3.8) is 0 Å². The minimum Gasteiger partial charge on any atom is -0.318 e. The minimum absolute atomic E-state index is 0.0288. The average Bonchev–Trinajstić information content (AvgIpc) is 3.05. The van der Waals surface area contributed by atoms with Gasteiger partial charge < -0.3 is 4.57 Å². The first-order valence-electron chi connectivity index (χ1n) is 8.14. The molecule has 144 valence electrons. The van der Waals surface area contributed by atoms with Gasteiger partial charge in [-0.3, -0.25) is 14.5 Å². The van der Waals surface area contributed by atoms with Gasteiger partial charge in [0.1, 0.15) is 0 Å². The highest BCUT2D eigenvalue weighted by molar-refractivity contribution is 8.18. The molecule has 0 aliphatic carbocycles. The van der Waals surface area contributed by atoms with Crippen LogP contribution in [-0.4, -0.2) is 35.6 Å². The van der Waals surface area contributed by atoms with E-state index in [1.807, 2.05) is 24.5 Å². The molecular weight excluding hydrogens is 398 g/mol. The van der Waals surface area contributed by atoms with E-state index in [0.717, 1.165) is 39.3 Å². The van der Waals surface area contributed by atoms with Crippen LogP contribution in [-0.2, 0) is 14.8 Å². The summed E-state index contributed by atoms with van der Waals surface area (Å²) in [6, 6.07) is 8.08. The van der Waals surface area contributed by atoms with E-state index < -0.39 is 15.9 Å². The van der Waals surface area contributed by atoms with Crippen LogP contribution in [0.15, 0.2) is 40.1 Å². The van der Waals surface area contributed by atoms with E-state index in [1.165, 1.54) is 12.1 Å². The standard InChI is InChI=1S/C19H17N3O4S2/c1-4-9-21-18(23)17(27-19(21)24)11-14-10-12(2)22(13(14)3)15-5-7-16(8-6-15)28(20,25)26/h1,5-8,10-11H,9H2,2-3H3,(H2,20,25,26)/b17-11+. The maximum atomic E-state index is 12.4. The molecule has 2 aromatic rings. The van der Waals surface area contributed by atoms with Crippen molar-refractivity contribution in [1.82, 2.24) is 9.47 Å². The molecule has 0 radical (unpaired) electrons. The van der Waals surface area contributed by atoms with E-state index in [2.05, 4.69) is 5.92 Å². The summed E-state index contributed by atoms with van der Waals surface area (Å²) < 4.78 is 24.8. The third kappa shape index (κ3) is 3.62. The second-order valence-corrected chi connectivity index (χ2v) is 8.73. The minimum atomic E-state index is -3.76. The quantitative estimate of drug-likeness (QED) is 0.610. The number of imide groups is 1. The van der Waals surface area contributed by atoms with Crippen LogP contribution in [0.5, 0.6) is 0 Å². The first-order chi connectivity index (χ1) is 13.1. The number of terminal acetylenes is 1. The van der Waals surface area contributed by atoms with Gasteiger partial charge in [0.25, 0.3) is 11.1 Å². The third-order valence-corrected chi connectivity index (χ3v) is 6.14. The number of aromatic nitrogens is 1. The zero-order valence-corrected chi connectivity index (χ0v) is 16.8. The topological polar surface area (TPSA) is 102 Å². The fraction of sp³-hybridized carbons (Fsp3) is 0.158. The average molecular weight is 415 g/mol. The van der Waals surface area contributed by atoms with Crippen molar-refractivity contribution in [3.8, 4) is 18.0 Å². The highest BCUT2D eigenvalue weighted by atomic mass is 32.2. The maximum Gasteiger partial charge on any atom is 0.294 e. The van der Waals surface area contributed by atoms with Crippen LogP contribution in [0.2, 0.25) is 0 Å². The summed E-state index contributed by atoms with van der Waals surface area (Å²) in [7, 11) is -3.76. The normalized spacial score (nSPS) is 16.1. The first kappa shape index (κ1) is 19.9. The molecule has 0 unspecified atom stereocenters. The Balaban J connectivity index is 1.98. The zero-order chi connectivity index (χ0) is 20.6. The van der Waals surface area contributed by atoms with Gasteiger partial charge in [-0.05, 0) is 67.6 Å². The summed E-state index contributed by atoms with van der Waals surface area (Å²) in [6.07, 6.45) is 6.87. The Morgan fingerprint density at radius 2 is 1.86 bits per heavy atom. The molecule has 2 amide bonds. The van der Waals surface area contributed by atoms with Crippen molar-refractivity contribution in [2.45, 2.75) is 18.7 Å². The molecule has 0 saturated carbocycles. The van der Waals surface area contributed by atoms with Gasteiger partial charge in [-0.15, -0.1) is 6.42 Å². The molecule has 0 atom stereocenters. The van der Waals surface area contributed by atoms with Gasteiger partial charge in [-0.2, -0.15) is 0 Å². The number of carbonyl (C=O) groups excluding carboxylic acids is 2. The Bertz CT molecular complexity index is 1150. The Kier molecular flexibility index (Phi) is 5.21. The highest BCUT2D eigenvalue weighted by Gasteiger charge is 2.34. The number of rotatable bonds is 4. The van der Waals surface area contributed by atoms with Gasteiger partial charge in [0.05, 0.1) is 16.3 Å². The maximum absolute atomic E-state index is 12.4. The number of nitrogens with zero attached hydrogens (tertiary/aromatic N) is 2. The monoisotopic (exact) mass is 415 g/mol. The molecular formula is C19H17N3O4S2. The molecule has 1 fully saturated rings. The molecule has 0 spiro atoms. The Labute approximate surface area is 167 Å². The summed E-state index contributed by atoms with van der Waals surface area (Å²) in [5.74, 6) is 1.90. The smallest absolute Gasteiger partial charge is 0.294 e. The second kappa shape index (κ2) is 7.31. The summed E-state index contributed by atoms with van der Waals surface area (Å²) in [6.45, 7) is 3.71. The van der Waals surface area contributed by atoms with Gasteiger partial charge in [0, 0.05) is 17.1 Å². The molecule has 1 aromatic carbocycles. The number of sulfonamides is 1. The number of thioether (sulfide) groups is 1. The molecule has 28 heavy (non-hydrogen) atoms. The van der Waals surface area contributed by atoms with Crippen molar-refractivity contribution in [3.05, 3.63) is 52.2 Å². The third-order valence-electron chi connectivity index (χ3n) is 4.30. The van der Waals surface area contributed by atoms with Gasteiger partial charge in [0.2, 0.25) is 10.0 Å². The summed E-state index contributed by atoms with van der Waals surface area (Å²) >= 11 is 0.854. The van der Waals surface area contributed by atoms with E-state index in [0.29, 0.717) is 4.91 Å². The lowest BCUT2D eigenvalue weighted by Gasteiger charge is -2.10. The Hall–Kier alpha value is -2.80. The van der Waals surface area contributed by atoms with Gasteiger partial charge in [0.15, 0.2) is 0 Å². The van der Waals surface area contributed by atoms with E-state index in [4.69, 9.17) is 11.6 Å². The number of nitrogens with two attached hydrogens (primary N) is 1. The van der Waals surface area contributed by atoms with Crippen molar-refractivity contribution in [1.29, 1.82) is 0 Å². The van der Waals surface area contributed by atoms with E-state index in [1.54, 1.807) is 18.2 Å². The van der Waals surface area contributed by atoms with Crippen LogP contribution < -0.4 is 5.14 Å². The molecule has 3 rings (SSSR count). The fourth-order valence-corrected chi connectivity index (χ4v) is 4.33. The van der Waals surface area contributed by atoms with Crippen molar-refractivity contribution in [2.75, 3.05) is 6.54 Å². The molecule has 2 N–H and O–H groups in total. The van der Waals surface area contributed by atoms with Crippen molar-refractivity contribution in [2.24, 2.45) is 5.14 Å². The first-order valence-corrected chi connectivity index (χ1v) is 10.5. The summed E-state index contributed by atoms with van der Waals surface area (Å²) in [5.41, 5.74) is 3.25. The SMILES string of the molecule is C#CCN1C(=O)S/C(=C/c2cc(C)n(-c3ccc(S(N)(=O)=O)cc3)c2C)C1=O. The molecule has 1 saturated heterocycles. The van der Waals surface area contributed by atoms with E-state index >= 15 is 0 Å². The van der Waals surface area contributed by atoms with E-state index in [-0.39, 0.29) is 16.7 Å². The second-order valence-electron chi connectivity index (χ2n) is 6.17. The van der Waals surface area contributed by atoms with Crippen molar-refractivity contribution < 1.29 is 18.0 Å². The van der Waals surface area contributed by atoms with Gasteiger partial charge in [-0.25, -0.2) is 13.6 Å². The largest absolute Gasteiger partial charge is 0.318 e. The number of primary sulfonamides is 1. The van der Waals surface area contributed by atoms with Crippen LogP contribution in [0.25, 0.3) is 11.8 Å². The van der Waals surface area contributed by atoms with Crippen LogP contribution >= 0.6 is 11.8 Å². The van der Waals surface area contributed by atoms with Crippen molar-refractivity contribution >= 4 is 39.0 Å². The fourth-order valence-electron chi connectivity index (χ4n) is 2.98. The molecule has 0 bridgehead atoms. The molecule has 1 aliphatic rings. The lowest BCUT2D eigenvalue weighted by Crippen LogP contribution is -2.28. The number of hydrogen-bond donors (Lipinski definition) is 1. The number of carbonyl (C=O) groups is 2. The number of amides is 2. The van der Waals surface area contributed by atoms with E-state index in [9.17, 15) is 18.0 Å². The zero-order valence-electron chi connectivity index (χ0n) is 15.2. The number of aryl methyl sites for hydroxylation is 1. The number of benzene rings is 1. The van der Waals surface area contributed by atoms with Crippen LogP contribution in [0.3, 0.4) is 0 Å². The summed E-state index contributed by atoms with van der Waals surface area (Å²) in [4.78, 5) is 25.7. The Morgan fingerprint density at radius 1 is 1.21 bits per heavy atom. The molecule has 1 aliphatic heterocycles. The lowest BCUT2D eigenvalue weighted by molar-refractivity contribution is -0.122. The van der Waals surface area contributed by atoms with Gasteiger partial charge in [-0.1, -0.05) is 5.92 Å². The highest BCUT2D eigenvalue weighted by Crippen LogP contribution is 2.33. The Morgan fingerprint density at radius 3 is 2.43 bits per heavy atom. The molecule has 9 heteroatoms. The molecule has 1 aromatic heterocycles. The number of hydrogen-bond acceptors (Lipinski definition) is 5. The van der Waals surface area contributed by atoms with Gasteiger partial charge >= 0.3 is 0 Å². The van der Waals surface area contributed by atoms with Crippen LogP contribution in [0.4, 0.5) is 4.79 Å². The predicted octanol–water partition coefficient (Wildman–Crippen LogP) is 2.41. The molecule has 7 nitrogen and oxygen atoms in total. The van der Waals surface area contributed by atoms with Crippen LogP contribution in [0, 0.1) is 26.2 Å².